The normalized spacial score (nSPS) is 11.0. The van der Waals surface area contributed by atoms with Gasteiger partial charge in [-0.1, -0.05) is 29.5 Å². The highest BCUT2D eigenvalue weighted by atomic mass is 32.1. The molecule has 0 atom stereocenters. The molecule has 130 valence electrons. The smallest absolute Gasteiger partial charge is 0.286 e. The van der Waals surface area contributed by atoms with Gasteiger partial charge in [0, 0.05) is 30.5 Å². The number of pyridine rings is 1. The van der Waals surface area contributed by atoms with E-state index in [4.69, 9.17) is 0 Å². The van der Waals surface area contributed by atoms with E-state index < -0.39 is 0 Å². The summed E-state index contributed by atoms with van der Waals surface area (Å²) in [5.74, 6) is -0.315. The quantitative estimate of drug-likeness (QED) is 0.602. The number of aromatic nitrogens is 4. The lowest BCUT2D eigenvalue weighted by Crippen LogP contribution is -2.21. The number of rotatable bonds is 4. The molecule has 0 saturated heterocycles. The first kappa shape index (κ1) is 16.2. The molecule has 0 spiro atoms. The highest BCUT2D eigenvalue weighted by molar-refractivity contribution is 7.13. The monoisotopic (exact) mass is 365 g/mol. The van der Waals surface area contributed by atoms with Crippen molar-refractivity contribution < 1.29 is 4.79 Å². The van der Waals surface area contributed by atoms with Gasteiger partial charge in [0.1, 0.15) is 10.5 Å². The maximum Gasteiger partial charge on any atom is 0.286 e. The average molecular weight is 365 g/mol. The summed E-state index contributed by atoms with van der Waals surface area (Å²) >= 11 is 1.17. The Morgan fingerprint density at radius 2 is 1.88 bits per heavy atom. The second kappa shape index (κ2) is 6.57. The summed E-state index contributed by atoms with van der Waals surface area (Å²) in [6, 6.07) is 12.9. The van der Waals surface area contributed by atoms with Gasteiger partial charge in [0.25, 0.3) is 11.5 Å². The summed E-state index contributed by atoms with van der Waals surface area (Å²) in [4.78, 5) is 24.9. The summed E-state index contributed by atoms with van der Waals surface area (Å²) in [6.07, 6.45) is 3.59. The third-order valence-corrected chi connectivity index (χ3v) is 4.91. The number of hydrogen-bond donors (Lipinski definition) is 1. The fraction of sp³-hybridized carbons (Fsp3) is 0.111. The number of anilines is 1. The number of hydrogen-bond acceptors (Lipinski definition) is 5. The maximum absolute atomic E-state index is 12.6. The molecule has 8 heteroatoms. The first-order valence-corrected chi connectivity index (χ1v) is 8.77. The van der Waals surface area contributed by atoms with Crippen molar-refractivity contribution in [2.75, 3.05) is 5.32 Å². The molecule has 0 aliphatic heterocycles. The van der Waals surface area contributed by atoms with Crippen LogP contribution in [0.3, 0.4) is 0 Å². The number of nitrogens with zero attached hydrogens (tertiary/aromatic N) is 4. The molecule has 4 rings (SSSR count). The number of carbonyl (C=O) groups excluding carboxylic acids is 1. The van der Waals surface area contributed by atoms with Gasteiger partial charge in [-0.3, -0.25) is 9.59 Å². The SMILES string of the molecule is Cn1ccc2ccn(Cc3nnc(C(=O)Nc4ccccc4)s3)c(=O)c21. The number of benzene rings is 1. The van der Waals surface area contributed by atoms with Crippen molar-refractivity contribution in [2.45, 2.75) is 6.54 Å². The van der Waals surface area contributed by atoms with Crippen LogP contribution in [-0.4, -0.2) is 25.2 Å². The third kappa shape index (κ3) is 3.02. The molecule has 26 heavy (non-hydrogen) atoms. The lowest BCUT2D eigenvalue weighted by atomic mass is 10.3. The van der Waals surface area contributed by atoms with E-state index in [1.54, 1.807) is 27.5 Å². The molecule has 0 fully saturated rings. The number of aryl methyl sites for hydroxylation is 1. The Labute approximate surface area is 152 Å². The zero-order chi connectivity index (χ0) is 18.1. The van der Waals surface area contributed by atoms with E-state index in [0.717, 1.165) is 5.39 Å². The third-order valence-electron chi connectivity index (χ3n) is 4.00. The van der Waals surface area contributed by atoms with Crippen molar-refractivity contribution in [3.8, 4) is 0 Å². The highest BCUT2D eigenvalue weighted by Crippen LogP contribution is 2.15. The number of fused-ring (bicyclic) bond motifs is 1. The Kier molecular flexibility index (Phi) is 4.10. The molecule has 0 aliphatic carbocycles. The maximum atomic E-state index is 12.6. The van der Waals surface area contributed by atoms with Gasteiger partial charge in [-0.2, -0.15) is 0 Å². The van der Waals surface area contributed by atoms with Gasteiger partial charge in [-0.15, -0.1) is 10.2 Å². The predicted molar refractivity (Wildman–Crippen MR) is 101 cm³/mol. The highest BCUT2D eigenvalue weighted by Gasteiger charge is 2.14. The molecule has 1 N–H and O–H groups in total. The van der Waals surface area contributed by atoms with Crippen LogP contribution in [0.2, 0.25) is 0 Å². The van der Waals surface area contributed by atoms with E-state index >= 15 is 0 Å². The summed E-state index contributed by atoms with van der Waals surface area (Å²) in [5, 5.41) is 12.5. The fourth-order valence-corrected chi connectivity index (χ4v) is 3.45. The van der Waals surface area contributed by atoms with Crippen LogP contribution in [0.25, 0.3) is 10.9 Å². The zero-order valence-corrected chi connectivity index (χ0v) is 14.7. The van der Waals surface area contributed by atoms with E-state index in [9.17, 15) is 9.59 Å². The van der Waals surface area contributed by atoms with Crippen molar-refractivity contribution in [2.24, 2.45) is 7.05 Å². The summed E-state index contributed by atoms with van der Waals surface area (Å²) in [6.45, 7) is 0.274. The second-order valence-corrected chi connectivity index (χ2v) is 6.86. The largest absolute Gasteiger partial charge is 0.346 e. The first-order chi connectivity index (χ1) is 12.6. The van der Waals surface area contributed by atoms with Gasteiger partial charge in [0.15, 0.2) is 0 Å². The van der Waals surface area contributed by atoms with E-state index in [2.05, 4.69) is 15.5 Å². The molecule has 1 amide bonds. The fourth-order valence-electron chi connectivity index (χ4n) is 2.72. The molecule has 7 nitrogen and oxygen atoms in total. The van der Waals surface area contributed by atoms with Crippen LogP contribution in [0, 0.1) is 0 Å². The summed E-state index contributed by atoms with van der Waals surface area (Å²) in [7, 11) is 1.84. The molecule has 0 unspecified atom stereocenters. The van der Waals surface area contributed by atoms with Gasteiger partial charge >= 0.3 is 0 Å². The van der Waals surface area contributed by atoms with E-state index in [1.165, 1.54) is 11.3 Å². The Morgan fingerprint density at radius 1 is 1.12 bits per heavy atom. The molecule has 0 bridgehead atoms. The Morgan fingerprint density at radius 3 is 2.69 bits per heavy atom. The van der Waals surface area contributed by atoms with E-state index in [1.807, 2.05) is 43.6 Å². The van der Waals surface area contributed by atoms with Gasteiger partial charge in [-0.25, -0.2) is 0 Å². The molecule has 0 aliphatic rings. The summed E-state index contributed by atoms with van der Waals surface area (Å²) in [5.41, 5.74) is 1.24. The zero-order valence-electron chi connectivity index (χ0n) is 13.9. The van der Waals surface area contributed by atoms with Crippen LogP contribution < -0.4 is 10.9 Å². The molecule has 3 aromatic heterocycles. The predicted octanol–water partition coefficient (Wildman–Crippen LogP) is 2.49. The second-order valence-electron chi connectivity index (χ2n) is 5.80. The number of amides is 1. The Hall–Kier alpha value is -3.26. The summed E-state index contributed by atoms with van der Waals surface area (Å²) < 4.78 is 3.37. The van der Waals surface area contributed by atoms with Crippen LogP contribution in [0.4, 0.5) is 5.69 Å². The van der Waals surface area contributed by atoms with Crippen molar-refractivity contribution in [1.29, 1.82) is 0 Å². The Balaban J connectivity index is 1.55. The molecular weight excluding hydrogens is 350 g/mol. The van der Waals surface area contributed by atoms with Crippen molar-refractivity contribution in [3.05, 3.63) is 75.2 Å². The van der Waals surface area contributed by atoms with Crippen LogP contribution in [0.5, 0.6) is 0 Å². The van der Waals surface area contributed by atoms with E-state index in [0.29, 0.717) is 16.2 Å². The number of para-hydroxylation sites is 1. The molecule has 0 radical (unpaired) electrons. The number of nitrogens with one attached hydrogen (secondary N) is 1. The van der Waals surface area contributed by atoms with E-state index in [-0.39, 0.29) is 23.0 Å². The molecular formula is C18H15N5O2S. The van der Waals surface area contributed by atoms with Gasteiger partial charge < -0.3 is 14.5 Å². The Bertz CT molecular complexity index is 1140. The van der Waals surface area contributed by atoms with Crippen LogP contribution >= 0.6 is 11.3 Å². The standard InChI is InChI=1S/C18H15N5O2S/c1-22-9-7-12-8-10-23(18(25)15(12)22)11-14-20-21-17(26-14)16(24)19-13-5-3-2-4-6-13/h2-10H,11H2,1H3,(H,19,24). The number of carbonyl (C=O) groups is 1. The van der Waals surface area contributed by atoms with Gasteiger partial charge in [-0.05, 0) is 24.3 Å². The molecule has 3 heterocycles. The van der Waals surface area contributed by atoms with Gasteiger partial charge in [0.05, 0.1) is 6.54 Å². The lowest BCUT2D eigenvalue weighted by Gasteiger charge is -2.04. The van der Waals surface area contributed by atoms with Crippen LogP contribution in [0.15, 0.2) is 59.7 Å². The van der Waals surface area contributed by atoms with Crippen molar-refractivity contribution in [3.63, 3.8) is 0 Å². The van der Waals surface area contributed by atoms with Crippen LogP contribution in [-0.2, 0) is 13.6 Å². The van der Waals surface area contributed by atoms with Crippen molar-refractivity contribution in [1.82, 2.24) is 19.3 Å². The van der Waals surface area contributed by atoms with Crippen molar-refractivity contribution >= 4 is 33.8 Å². The topological polar surface area (TPSA) is 81.8 Å². The van der Waals surface area contributed by atoms with Gasteiger partial charge in [0.2, 0.25) is 5.01 Å². The lowest BCUT2D eigenvalue weighted by molar-refractivity contribution is 0.102. The minimum atomic E-state index is -0.315. The molecule has 4 aromatic rings. The average Bonchev–Trinajstić information content (AvgIpc) is 3.26. The molecule has 1 aromatic carbocycles. The van der Waals surface area contributed by atoms with Crippen LogP contribution in [0.1, 0.15) is 14.8 Å². The minimum absolute atomic E-state index is 0.0968. The minimum Gasteiger partial charge on any atom is -0.346 e. The molecule has 0 saturated carbocycles. The first-order valence-electron chi connectivity index (χ1n) is 7.95.